The van der Waals surface area contributed by atoms with E-state index in [9.17, 15) is 0 Å². The van der Waals surface area contributed by atoms with Crippen LogP contribution in [-0.4, -0.2) is 38.1 Å². The van der Waals surface area contributed by atoms with Crippen LogP contribution in [0.2, 0.25) is 5.02 Å². The van der Waals surface area contributed by atoms with Crippen molar-refractivity contribution in [1.82, 2.24) is 24.5 Å². The molecule has 2 aromatic rings. The maximum atomic E-state index is 6.72. The largest absolute Gasteiger partial charge is 0.369 e. The zero-order valence-corrected chi connectivity index (χ0v) is 16.8. The van der Waals surface area contributed by atoms with Gasteiger partial charge in [0.05, 0.1) is 17.6 Å². The minimum absolute atomic E-state index is 0.480. The van der Waals surface area contributed by atoms with Gasteiger partial charge in [0, 0.05) is 59.8 Å². The SMILES string of the molecule is CN=c1ncc2cc(-c3ccc(-c4cncc(C)n4)cc3Cl)c3n(c-2n1)CCN3. The van der Waals surface area contributed by atoms with Crippen LogP contribution in [0.25, 0.3) is 33.8 Å². The topological polar surface area (TPSA) is 80.9 Å². The van der Waals surface area contributed by atoms with Gasteiger partial charge in [-0.05, 0) is 19.1 Å². The molecule has 5 rings (SSSR count). The van der Waals surface area contributed by atoms with Crippen molar-refractivity contribution in [1.29, 1.82) is 0 Å². The van der Waals surface area contributed by atoms with Gasteiger partial charge in [0.1, 0.15) is 11.6 Å². The molecule has 1 N–H and O–H groups in total. The third-order valence-corrected chi connectivity index (χ3v) is 5.31. The van der Waals surface area contributed by atoms with Gasteiger partial charge in [-0.25, -0.2) is 9.97 Å². The molecule has 0 atom stereocenters. The summed E-state index contributed by atoms with van der Waals surface area (Å²) in [6.07, 6.45) is 5.29. The maximum absolute atomic E-state index is 6.72. The number of anilines is 1. The normalized spacial score (nSPS) is 13.6. The molecule has 4 heterocycles. The Balaban J connectivity index is 1.68. The number of aryl methyl sites for hydroxylation is 1. The second-order valence-electron chi connectivity index (χ2n) is 6.90. The first-order valence-electron chi connectivity index (χ1n) is 9.30. The second kappa shape index (κ2) is 6.93. The number of hydrogen-bond donors (Lipinski definition) is 1. The molecule has 7 nitrogen and oxygen atoms in total. The van der Waals surface area contributed by atoms with Crippen LogP contribution in [0.4, 0.5) is 5.82 Å². The Morgan fingerprint density at radius 1 is 1.07 bits per heavy atom. The summed E-state index contributed by atoms with van der Waals surface area (Å²) < 4.78 is 2.16. The lowest BCUT2D eigenvalue weighted by atomic mass is 10.0. The molecule has 3 aliphatic heterocycles. The van der Waals surface area contributed by atoms with Crippen LogP contribution in [0, 0.1) is 6.92 Å². The number of halogens is 1. The van der Waals surface area contributed by atoms with E-state index in [1.54, 1.807) is 19.4 Å². The first kappa shape index (κ1) is 17.8. The zero-order chi connectivity index (χ0) is 20.0. The lowest BCUT2D eigenvalue weighted by Crippen LogP contribution is -2.17. The highest BCUT2D eigenvalue weighted by atomic mass is 35.5. The summed E-state index contributed by atoms with van der Waals surface area (Å²) in [5.41, 5.74) is 6.00. The van der Waals surface area contributed by atoms with Crippen molar-refractivity contribution in [3.63, 3.8) is 0 Å². The van der Waals surface area contributed by atoms with Crippen LogP contribution in [0.5, 0.6) is 0 Å². The van der Waals surface area contributed by atoms with Gasteiger partial charge >= 0.3 is 0 Å². The number of aromatic nitrogens is 5. The van der Waals surface area contributed by atoms with E-state index in [-0.39, 0.29) is 0 Å². The zero-order valence-electron chi connectivity index (χ0n) is 16.0. The van der Waals surface area contributed by atoms with Gasteiger partial charge in [-0.2, -0.15) is 4.98 Å². The molecule has 0 saturated carbocycles. The van der Waals surface area contributed by atoms with Crippen molar-refractivity contribution in [2.75, 3.05) is 18.9 Å². The molecule has 0 bridgehead atoms. The molecule has 1 aromatic heterocycles. The Labute approximate surface area is 172 Å². The summed E-state index contributed by atoms with van der Waals surface area (Å²) in [5.74, 6) is 1.87. The van der Waals surface area contributed by atoms with Crippen molar-refractivity contribution < 1.29 is 0 Å². The lowest BCUT2D eigenvalue weighted by molar-refractivity contribution is 0.779. The second-order valence-corrected chi connectivity index (χ2v) is 7.31. The molecule has 1 aromatic carbocycles. The predicted octanol–water partition coefficient (Wildman–Crippen LogP) is 3.42. The Kier molecular flexibility index (Phi) is 4.24. The third kappa shape index (κ3) is 3.03. The lowest BCUT2D eigenvalue weighted by Gasteiger charge is -2.18. The average molecular weight is 404 g/mol. The molecule has 0 aliphatic carbocycles. The van der Waals surface area contributed by atoms with Crippen LogP contribution in [0.15, 0.2) is 47.8 Å². The number of nitrogens with zero attached hydrogens (tertiary/aromatic N) is 6. The molecular formula is C21H18ClN7. The van der Waals surface area contributed by atoms with Crippen molar-refractivity contribution >= 4 is 17.4 Å². The van der Waals surface area contributed by atoms with E-state index in [0.29, 0.717) is 10.6 Å². The number of benzene rings is 1. The fourth-order valence-corrected chi connectivity index (χ4v) is 3.95. The standard InChI is InChI=1S/C21H18ClN7/c1-12-9-24-11-18(27-12)13-3-4-15(17(22)8-13)16-7-14-10-26-21(23-2)28-19(14)29-6-5-25-20(16)29/h3-4,7-11,25H,5-6H2,1-2H3. The van der Waals surface area contributed by atoms with Gasteiger partial charge < -0.3 is 9.88 Å². The first-order valence-corrected chi connectivity index (χ1v) is 9.68. The van der Waals surface area contributed by atoms with Crippen molar-refractivity contribution in [3.8, 4) is 33.8 Å². The minimum atomic E-state index is 0.480. The van der Waals surface area contributed by atoms with Gasteiger partial charge in [-0.1, -0.05) is 23.7 Å². The molecule has 0 spiro atoms. The molecule has 0 radical (unpaired) electrons. The van der Waals surface area contributed by atoms with Crippen LogP contribution in [0.3, 0.4) is 0 Å². The maximum Gasteiger partial charge on any atom is 0.246 e. The van der Waals surface area contributed by atoms with Crippen molar-refractivity contribution in [2.24, 2.45) is 4.99 Å². The van der Waals surface area contributed by atoms with Gasteiger partial charge in [-0.15, -0.1) is 0 Å². The highest BCUT2D eigenvalue weighted by Crippen LogP contribution is 2.40. The van der Waals surface area contributed by atoms with E-state index >= 15 is 0 Å². The van der Waals surface area contributed by atoms with Gasteiger partial charge in [0.2, 0.25) is 5.62 Å². The molecular weight excluding hydrogens is 386 g/mol. The van der Waals surface area contributed by atoms with E-state index in [1.165, 1.54) is 0 Å². The molecule has 0 saturated heterocycles. The van der Waals surface area contributed by atoms with E-state index < -0.39 is 0 Å². The predicted molar refractivity (Wildman–Crippen MR) is 113 cm³/mol. The fourth-order valence-electron chi connectivity index (χ4n) is 3.67. The number of pyridine rings is 1. The Bertz CT molecular complexity index is 1280. The summed E-state index contributed by atoms with van der Waals surface area (Å²) in [6, 6.07) is 8.06. The highest BCUT2D eigenvalue weighted by molar-refractivity contribution is 6.33. The first-order chi connectivity index (χ1) is 14.1. The molecule has 0 unspecified atom stereocenters. The molecule has 29 heavy (non-hydrogen) atoms. The summed E-state index contributed by atoms with van der Waals surface area (Å²) >= 11 is 6.72. The molecule has 8 heteroatoms. The Morgan fingerprint density at radius 2 is 1.97 bits per heavy atom. The summed E-state index contributed by atoms with van der Waals surface area (Å²) in [4.78, 5) is 21.8. The average Bonchev–Trinajstić information content (AvgIpc) is 3.23. The van der Waals surface area contributed by atoms with Crippen LogP contribution < -0.4 is 10.9 Å². The van der Waals surface area contributed by atoms with Gasteiger partial charge in [0.25, 0.3) is 0 Å². The summed E-state index contributed by atoms with van der Waals surface area (Å²) in [5, 5.41) is 4.12. The Morgan fingerprint density at radius 3 is 2.76 bits per heavy atom. The van der Waals surface area contributed by atoms with Crippen molar-refractivity contribution in [2.45, 2.75) is 13.5 Å². The van der Waals surface area contributed by atoms with Gasteiger partial charge in [-0.3, -0.25) is 9.98 Å². The fraction of sp³-hybridized carbons (Fsp3) is 0.190. The smallest absolute Gasteiger partial charge is 0.246 e. The summed E-state index contributed by atoms with van der Waals surface area (Å²) in [6.45, 7) is 3.59. The van der Waals surface area contributed by atoms with E-state index in [4.69, 9.17) is 11.6 Å². The molecule has 144 valence electrons. The molecule has 0 fully saturated rings. The number of hydrogen-bond acceptors (Lipinski definition) is 6. The van der Waals surface area contributed by atoms with Crippen molar-refractivity contribution in [3.05, 3.63) is 59.2 Å². The van der Waals surface area contributed by atoms with E-state index in [2.05, 4.69) is 40.9 Å². The van der Waals surface area contributed by atoms with Crippen LogP contribution in [-0.2, 0) is 6.54 Å². The monoisotopic (exact) mass is 403 g/mol. The number of rotatable bonds is 2. The quantitative estimate of drug-likeness (QED) is 0.554. The highest BCUT2D eigenvalue weighted by Gasteiger charge is 2.23. The molecule has 0 amide bonds. The number of nitrogens with one attached hydrogen (secondary N) is 1. The van der Waals surface area contributed by atoms with Crippen LogP contribution >= 0.6 is 11.6 Å². The number of fused-ring (bicyclic) bond motifs is 3. The van der Waals surface area contributed by atoms with Gasteiger partial charge in [0.15, 0.2) is 0 Å². The third-order valence-electron chi connectivity index (χ3n) is 5.00. The van der Waals surface area contributed by atoms with Crippen LogP contribution in [0.1, 0.15) is 5.69 Å². The minimum Gasteiger partial charge on any atom is -0.369 e. The van der Waals surface area contributed by atoms with E-state index in [1.807, 2.05) is 31.3 Å². The Hall–Kier alpha value is -3.32. The van der Waals surface area contributed by atoms with E-state index in [0.717, 1.165) is 58.4 Å². The molecule has 3 aliphatic rings. The summed E-state index contributed by atoms with van der Waals surface area (Å²) in [7, 11) is 1.69.